The Labute approximate surface area is 139 Å². The first-order chi connectivity index (χ1) is 10.2. The molecule has 0 aliphatic carbocycles. The van der Waals surface area contributed by atoms with Gasteiger partial charge in [0.2, 0.25) is 0 Å². The van der Waals surface area contributed by atoms with E-state index in [4.69, 9.17) is 23.2 Å². The third-order valence-electron chi connectivity index (χ3n) is 2.77. The third-order valence-corrected chi connectivity index (χ3v) is 4.01. The maximum Gasteiger partial charge on any atom is 0.181 e. The topological polar surface area (TPSA) is 51.6 Å². The molecule has 7 heteroatoms. The molecule has 0 saturated carbocycles. The fraction of sp³-hybridized carbons (Fsp3) is 0. The van der Waals surface area contributed by atoms with Gasteiger partial charge >= 0.3 is 0 Å². The first-order valence-corrected chi connectivity index (χ1v) is 7.46. The van der Waals surface area contributed by atoms with Gasteiger partial charge in [-0.25, -0.2) is 19.9 Å². The number of aromatic nitrogens is 4. The number of halogens is 3. The van der Waals surface area contributed by atoms with Gasteiger partial charge in [-0.3, -0.25) is 0 Å². The predicted octanol–water partition coefficient (Wildman–Crippen LogP) is 4.67. The van der Waals surface area contributed by atoms with Gasteiger partial charge in [0.1, 0.15) is 22.3 Å². The van der Waals surface area contributed by atoms with Crippen LogP contribution in [0, 0.1) is 0 Å². The minimum atomic E-state index is 0.274. The van der Waals surface area contributed by atoms with Gasteiger partial charge in [0.15, 0.2) is 5.82 Å². The summed E-state index contributed by atoms with van der Waals surface area (Å²) in [5, 5.41) is 0.547. The van der Waals surface area contributed by atoms with Crippen LogP contribution in [0.3, 0.4) is 0 Å². The molecule has 21 heavy (non-hydrogen) atoms. The molecular weight excluding hydrogens is 375 g/mol. The molecule has 0 radical (unpaired) electrons. The number of hydrogen-bond acceptors (Lipinski definition) is 4. The van der Waals surface area contributed by atoms with E-state index < -0.39 is 0 Å². The van der Waals surface area contributed by atoms with E-state index in [0.29, 0.717) is 17.1 Å². The summed E-state index contributed by atoms with van der Waals surface area (Å²) in [5.41, 5.74) is 1.98. The van der Waals surface area contributed by atoms with Gasteiger partial charge in [-0.2, -0.15) is 0 Å². The van der Waals surface area contributed by atoms with Crippen molar-refractivity contribution < 1.29 is 0 Å². The smallest absolute Gasteiger partial charge is 0.181 e. The Morgan fingerprint density at radius 3 is 2.29 bits per heavy atom. The van der Waals surface area contributed by atoms with E-state index in [1.807, 2.05) is 24.3 Å². The van der Waals surface area contributed by atoms with E-state index in [1.54, 1.807) is 12.3 Å². The molecule has 0 aliphatic rings. The van der Waals surface area contributed by atoms with Crippen LogP contribution >= 0.6 is 39.1 Å². The van der Waals surface area contributed by atoms with Crippen LogP contribution in [0.25, 0.3) is 22.6 Å². The number of rotatable bonds is 2. The average molecular weight is 382 g/mol. The highest BCUT2D eigenvalue weighted by atomic mass is 79.9. The molecule has 0 N–H and O–H groups in total. The summed E-state index contributed by atoms with van der Waals surface area (Å²) < 4.78 is 0.868. The second kappa shape index (κ2) is 6.05. The second-order valence-electron chi connectivity index (χ2n) is 4.08. The lowest BCUT2D eigenvalue weighted by molar-refractivity contribution is 1.10. The highest BCUT2D eigenvalue weighted by Crippen LogP contribution is 2.37. The molecule has 4 nitrogen and oxygen atoms in total. The number of nitrogens with zero attached hydrogens (tertiary/aromatic N) is 4. The Balaban J connectivity index is 2.16. The lowest BCUT2D eigenvalue weighted by atomic mass is 10.1. The molecule has 0 aliphatic heterocycles. The molecular formula is C14H7BrCl2N4. The molecule has 3 rings (SSSR count). The summed E-state index contributed by atoms with van der Waals surface area (Å²) in [6.07, 6.45) is 3.03. The van der Waals surface area contributed by atoms with Gasteiger partial charge in [-0.15, -0.1) is 0 Å². The third kappa shape index (κ3) is 2.90. The van der Waals surface area contributed by atoms with Crippen LogP contribution in [-0.4, -0.2) is 19.9 Å². The summed E-state index contributed by atoms with van der Waals surface area (Å²) in [7, 11) is 0. The molecule has 104 valence electrons. The van der Waals surface area contributed by atoms with Crippen LogP contribution in [0.4, 0.5) is 0 Å². The Hall–Kier alpha value is -1.56. The molecule has 1 aromatic carbocycles. The van der Waals surface area contributed by atoms with Gasteiger partial charge in [0, 0.05) is 16.2 Å². The quantitative estimate of drug-likeness (QED) is 0.605. The largest absolute Gasteiger partial charge is 0.245 e. The van der Waals surface area contributed by atoms with Gasteiger partial charge in [0.05, 0.1) is 5.56 Å². The standard InChI is InChI=1S/C14H7BrCl2N4/c15-9-4-2-1-3-8(9)11-12(16)20-14(21-13(11)17)10-5-6-18-7-19-10/h1-7H. The van der Waals surface area contributed by atoms with E-state index in [0.717, 1.165) is 10.0 Å². The minimum Gasteiger partial charge on any atom is -0.245 e. The van der Waals surface area contributed by atoms with Crippen LogP contribution in [-0.2, 0) is 0 Å². The van der Waals surface area contributed by atoms with Gasteiger partial charge in [0.25, 0.3) is 0 Å². The first-order valence-electron chi connectivity index (χ1n) is 5.91. The lowest BCUT2D eigenvalue weighted by Gasteiger charge is -2.09. The fourth-order valence-electron chi connectivity index (χ4n) is 1.83. The summed E-state index contributed by atoms with van der Waals surface area (Å²) in [4.78, 5) is 16.5. The lowest BCUT2D eigenvalue weighted by Crippen LogP contribution is -1.96. The van der Waals surface area contributed by atoms with E-state index in [2.05, 4.69) is 35.9 Å². The second-order valence-corrected chi connectivity index (χ2v) is 5.65. The summed E-state index contributed by atoms with van der Waals surface area (Å²) in [6, 6.07) is 9.29. The minimum absolute atomic E-state index is 0.274. The highest BCUT2D eigenvalue weighted by molar-refractivity contribution is 9.10. The highest BCUT2D eigenvalue weighted by Gasteiger charge is 2.16. The predicted molar refractivity (Wildman–Crippen MR) is 86.2 cm³/mol. The van der Waals surface area contributed by atoms with Crippen LogP contribution in [0.15, 0.2) is 47.3 Å². The fourth-order valence-corrected chi connectivity index (χ4v) is 2.91. The summed E-state index contributed by atoms with van der Waals surface area (Å²) in [5.74, 6) is 0.364. The van der Waals surface area contributed by atoms with E-state index >= 15 is 0 Å². The zero-order chi connectivity index (χ0) is 14.8. The SMILES string of the molecule is Clc1nc(-c2ccncn2)nc(Cl)c1-c1ccccc1Br. The van der Waals surface area contributed by atoms with Gasteiger partial charge < -0.3 is 0 Å². The number of benzene rings is 1. The molecule has 0 unspecified atom stereocenters. The van der Waals surface area contributed by atoms with E-state index in [1.165, 1.54) is 6.33 Å². The zero-order valence-electron chi connectivity index (χ0n) is 10.5. The summed E-state index contributed by atoms with van der Waals surface area (Å²) in [6.45, 7) is 0. The van der Waals surface area contributed by atoms with Crippen molar-refractivity contribution in [2.24, 2.45) is 0 Å². The Morgan fingerprint density at radius 2 is 1.67 bits per heavy atom. The summed E-state index contributed by atoms with van der Waals surface area (Å²) >= 11 is 16.1. The van der Waals surface area contributed by atoms with Crippen molar-refractivity contribution in [3.05, 3.63) is 57.6 Å². The van der Waals surface area contributed by atoms with Gasteiger partial charge in [-0.1, -0.05) is 57.3 Å². The normalized spacial score (nSPS) is 10.6. The van der Waals surface area contributed by atoms with Crippen LogP contribution < -0.4 is 0 Å². The first kappa shape index (κ1) is 14.4. The van der Waals surface area contributed by atoms with Crippen LogP contribution in [0.2, 0.25) is 10.3 Å². The maximum absolute atomic E-state index is 6.29. The number of hydrogen-bond donors (Lipinski definition) is 0. The molecule has 2 heterocycles. The molecule has 0 atom stereocenters. The monoisotopic (exact) mass is 380 g/mol. The average Bonchev–Trinajstić information content (AvgIpc) is 2.49. The van der Waals surface area contributed by atoms with Crippen molar-refractivity contribution in [1.29, 1.82) is 0 Å². The maximum atomic E-state index is 6.29. The molecule has 0 bridgehead atoms. The van der Waals surface area contributed by atoms with Crippen molar-refractivity contribution in [2.75, 3.05) is 0 Å². The molecule has 0 spiro atoms. The molecule has 0 saturated heterocycles. The van der Waals surface area contributed by atoms with E-state index in [-0.39, 0.29) is 10.3 Å². The molecule has 2 aromatic heterocycles. The molecule has 3 aromatic rings. The Morgan fingerprint density at radius 1 is 0.952 bits per heavy atom. The van der Waals surface area contributed by atoms with Gasteiger partial charge in [-0.05, 0) is 12.1 Å². The Kier molecular flexibility index (Phi) is 4.14. The zero-order valence-corrected chi connectivity index (χ0v) is 13.6. The van der Waals surface area contributed by atoms with Crippen molar-refractivity contribution in [1.82, 2.24) is 19.9 Å². The Bertz CT molecular complexity index is 773. The molecule has 0 amide bonds. The van der Waals surface area contributed by atoms with E-state index in [9.17, 15) is 0 Å². The van der Waals surface area contributed by atoms with Crippen molar-refractivity contribution in [3.8, 4) is 22.6 Å². The van der Waals surface area contributed by atoms with Crippen molar-refractivity contribution >= 4 is 39.1 Å². The van der Waals surface area contributed by atoms with Crippen molar-refractivity contribution in [2.45, 2.75) is 0 Å². The van der Waals surface area contributed by atoms with Crippen LogP contribution in [0.5, 0.6) is 0 Å². The molecule has 0 fully saturated rings. The van der Waals surface area contributed by atoms with Crippen molar-refractivity contribution in [3.63, 3.8) is 0 Å². The van der Waals surface area contributed by atoms with Crippen LogP contribution in [0.1, 0.15) is 0 Å².